The highest BCUT2D eigenvalue weighted by atomic mass is 32.2. The number of nitrogens with zero attached hydrogens (tertiary/aromatic N) is 1. The molecule has 2 atom stereocenters. The minimum absolute atomic E-state index is 0.000647. The Morgan fingerprint density at radius 3 is 2.37 bits per heavy atom. The predicted octanol–water partition coefficient (Wildman–Crippen LogP) is 2.29. The van der Waals surface area contributed by atoms with Crippen LogP contribution in [0.1, 0.15) is 26.3 Å². The van der Waals surface area contributed by atoms with Crippen molar-refractivity contribution in [2.75, 3.05) is 11.1 Å². The Hall–Kier alpha value is -1.67. The number of hydrogen-bond donors (Lipinski definition) is 1. The van der Waals surface area contributed by atoms with Gasteiger partial charge < -0.3 is 5.32 Å². The summed E-state index contributed by atoms with van der Waals surface area (Å²) < 4.78 is 11.9. The zero-order valence-electron chi connectivity index (χ0n) is 11.3. The fraction of sp³-hybridized carbons (Fsp3) is 0.429. The van der Waals surface area contributed by atoms with E-state index < -0.39 is 10.8 Å². The van der Waals surface area contributed by atoms with Gasteiger partial charge in [0, 0.05) is 21.7 Å². The lowest BCUT2D eigenvalue weighted by molar-refractivity contribution is -0.113. The largest absolute Gasteiger partial charge is 0.325 e. The van der Waals surface area contributed by atoms with Crippen LogP contribution in [-0.2, 0) is 15.6 Å². The number of carbonyl (C=O) groups is 1. The number of amides is 1. The third-order valence-electron chi connectivity index (χ3n) is 2.92. The zero-order chi connectivity index (χ0) is 14.4. The summed E-state index contributed by atoms with van der Waals surface area (Å²) in [6, 6.07) is 8.58. The van der Waals surface area contributed by atoms with E-state index in [0.717, 1.165) is 0 Å². The van der Waals surface area contributed by atoms with Crippen molar-refractivity contribution in [3.05, 3.63) is 29.8 Å². The van der Waals surface area contributed by atoms with Crippen molar-refractivity contribution in [3.8, 4) is 6.07 Å². The number of benzene rings is 1. The average Bonchev–Trinajstić information content (AvgIpc) is 2.38. The molecule has 5 heteroatoms. The van der Waals surface area contributed by atoms with Crippen molar-refractivity contribution in [1.82, 2.24) is 0 Å². The SMILES string of the molecule is CC(C)C(C)S(=O)CC(=O)Nc1ccc(C#N)cc1. The lowest BCUT2D eigenvalue weighted by Crippen LogP contribution is -2.27. The van der Waals surface area contributed by atoms with Crippen molar-refractivity contribution >= 4 is 22.4 Å². The number of anilines is 1. The summed E-state index contributed by atoms with van der Waals surface area (Å²) in [6.07, 6.45) is 0. The van der Waals surface area contributed by atoms with E-state index in [2.05, 4.69) is 5.32 Å². The van der Waals surface area contributed by atoms with E-state index in [0.29, 0.717) is 11.3 Å². The monoisotopic (exact) mass is 278 g/mol. The van der Waals surface area contributed by atoms with E-state index in [1.807, 2.05) is 26.8 Å². The Labute approximate surface area is 116 Å². The lowest BCUT2D eigenvalue weighted by atomic mass is 10.2. The van der Waals surface area contributed by atoms with Gasteiger partial charge in [-0.3, -0.25) is 9.00 Å². The van der Waals surface area contributed by atoms with Crippen molar-refractivity contribution < 1.29 is 9.00 Å². The van der Waals surface area contributed by atoms with Gasteiger partial charge in [0.25, 0.3) is 0 Å². The van der Waals surface area contributed by atoms with Crippen molar-refractivity contribution in [2.45, 2.75) is 26.0 Å². The van der Waals surface area contributed by atoms with Gasteiger partial charge in [-0.15, -0.1) is 0 Å². The van der Waals surface area contributed by atoms with Crippen LogP contribution in [0.5, 0.6) is 0 Å². The second-order valence-corrected chi connectivity index (χ2v) is 6.51. The minimum Gasteiger partial charge on any atom is -0.325 e. The van der Waals surface area contributed by atoms with Gasteiger partial charge in [0.2, 0.25) is 5.91 Å². The molecule has 19 heavy (non-hydrogen) atoms. The Morgan fingerprint density at radius 2 is 1.89 bits per heavy atom. The molecule has 0 saturated heterocycles. The van der Waals surface area contributed by atoms with Crippen LogP contribution in [-0.4, -0.2) is 21.1 Å². The smallest absolute Gasteiger partial charge is 0.237 e. The van der Waals surface area contributed by atoms with Crippen molar-refractivity contribution in [1.29, 1.82) is 5.26 Å². The van der Waals surface area contributed by atoms with Crippen LogP contribution >= 0.6 is 0 Å². The van der Waals surface area contributed by atoms with Gasteiger partial charge in [-0.1, -0.05) is 20.8 Å². The summed E-state index contributed by atoms with van der Waals surface area (Å²) >= 11 is 0. The van der Waals surface area contributed by atoms with E-state index in [4.69, 9.17) is 5.26 Å². The van der Waals surface area contributed by atoms with Gasteiger partial charge >= 0.3 is 0 Å². The third kappa shape index (κ3) is 4.84. The Bertz CT molecular complexity index is 503. The first-order chi connectivity index (χ1) is 8.93. The zero-order valence-corrected chi connectivity index (χ0v) is 12.2. The minimum atomic E-state index is -1.17. The fourth-order valence-corrected chi connectivity index (χ4v) is 2.59. The molecule has 0 aromatic heterocycles. The van der Waals surface area contributed by atoms with E-state index in [9.17, 15) is 9.00 Å². The van der Waals surface area contributed by atoms with Crippen LogP contribution < -0.4 is 5.32 Å². The standard InChI is InChI=1S/C14H18N2O2S/c1-10(2)11(3)19(18)9-14(17)16-13-6-4-12(8-15)5-7-13/h4-7,10-11H,9H2,1-3H3,(H,16,17). The molecule has 1 aromatic rings. The molecule has 0 heterocycles. The highest BCUT2D eigenvalue weighted by molar-refractivity contribution is 7.86. The van der Waals surface area contributed by atoms with Crippen LogP contribution in [0.25, 0.3) is 0 Å². The van der Waals surface area contributed by atoms with Crippen LogP contribution in [0, 0.1) is 17.2 Å². The number of nitrogens with one attached hydrogen (secondary N) is 1. The van der Waals surface area contributed by atoms with E-state index in [1.54, 1.807) is 24.3 Å². The highest BCUT2D eigenvalue weighted by Gasteiger charge is 2.18. The summed E-state index contributed by atoms with van der Waals surface area (Å²) in [5.41, 5.74) is 1.15. The van der Waals surface area contributed by atoms with E-state index >= 15 is 0 Å². The van der Waals surface area contributed by atoms with Crippen molar-refractivity contribution in [2.24, 2.45) is 5.92 Å². The molecule has 0 aliphatic rings. The lowest BCUT2D eigenvalue weighted by Gasteiger charge is -2.14. The van der Waals surface area contributed by atoms with E-state index in [1.165, 1.54) is 0 Å². The fourth-order valence-electron chi connectivity index (χ4n) is 1.39. The van der Waals surface area contributed by atoms with Gasteiger partial charge in [0.1, 0.15) is 5.75 Å². The number of carbonyl (C=O) groups excluding carboxylic acids is 1. The topological polar surface area (TPSA) is 70.0 Å². The van der Waals surface area contributed by atoms with Crippen LogP contribution in [0.2, 0.25) is 0 Å². The summed E-state index contributed by atoms with van der Waals surface area (Å²) in [5.74, 6) is 0.0124. The van der Waals surface area contributed by atoms with Gasteiger partial charge in [0.15, 0.2) is 0 Å². The maximum Gasteiger partial charge on any atom is 0.237 e. The molecule has 1 amide bonds. The molecule has 0 bridgehead atoms. The molecule has 0 radical (unpaired) electrons. The quantitative estimate of drug-likeness (QED) is 0.898. The maximum atomic E-state index is 11.9. The second kappa shape index (κ2) is 7.05. The molecule has 1 N–H and O–H groups in total. The first kappa shape index (κ1) is 15.4. The summed E-state index contributed by atoms with van der Waals surface area (Å²) in [4.78, 5) is 11.7. The molecule has 0 spiro atoms. The molecule has 0 fully saturated rings. The molecule has 1 rings (SSSR count). The molecule has 0 aliphatic carbocycles. The Balaban J connectivity index is 2.56. The van der Waals surface area contributed by atoms with Crippen LogP contribution in [0.3, 0.4) is 0 Å². The molecular formula is C14H18N2O2S. The Kier molecular flexibility index (Phi) is 5.71. The van der Waals surface area contributed by atoms with Gasteiger partial charge in [-0.25, -0.2) is 0 Å². The first-order valence-electron chi connectivity index (χ1n) is 6.11. The normalized spacial score (nSPS) is 13.6. The second-order valence-electron chi connectivity index (χ2n) is 4.71. The van der Waals surface area contributed by atoms with Crippen LogP contribution in [0.4, 0.5) is 5.69 Å². The van der Waals surface area contributed by atoms with Gasteiger partial charge in [0.05, 0.1) is 11.6 Å². The number of nitriles is 1. The molecule has 1 aromatic carbocycles. The van der Waals surface area contributed by atoms with Gasteiger partial charge in [-0.05, 0) is 30.2 Å². The number of hydrogen-bond acceptors (Lipinski definition) is 3. The summed E-state index contributed by atoms with van der Waals surface area (Å²) in [7, 11) is -1.17. The molecule has 4 nitrogen and oxygen atoms in total. The summed E-state index contributed by atoms with van der Waals surface area (Å²) in [5, 5.41) is 11.3. The number of rotatable bonds is 5. The van der Waals surface area contributed by atoms with Crippen molar-refractivity contribution in [3.63, 3.8) is 0 Å². The maximum absolute atomic E-state index is 11.9. The predicted molar refractivity (Wildman–Crippen MR) is 77.1 cm³/mol. The Morgan fingerprint density at radius 1 is 1.32 bits per heavy atom. The highest BCUT2D eigenvalue weighted by Crippen LogP contribution is 2.11. The average molecular weight is 278 g/mol. The summed E-state index contributed by atoms with van der Waals surface area (Å²) in [6.45, 7) is 5.86. The van der Waals surface area contributed by atoms with Gasteiger partial charge in [-0.2, -0.15) is 5.26 Å². The molecule has 0 aliphatic heterocycles. The molecular weight excluding hydrogens is 260 g/mol. The first-order valence-corrected chi connectivity index (χ1v) is 7.49. The molecule has 102 valence electrons. The molecule has 0 saturated carbocycles. The third-order valence-corrected chi connectivity index (χ3v) is 4.84. The van der Waals surface area contributed by atoms with Crippen LogP contribution in [0.15, 0.2) is 24.3 Å². The van der Waals surface area contributed by atoms with E-state index in [-0.39, 0.29) is 22.8 Å². The molecule has 2 unspecified atom stereocenters.